The summed E-state index contributed by atoms with van der Waals surface area (Å²) in [7, 11) is 1.55. The number of aryl methyl sites for hydroxylation is 1. The molecule has 1 aromatic heterocycles. The predicted molar refractivity (Wildman–Crippen MR) is 82.9 cm³/mol. The highest BCUT2D eigenvalue weighted by molar-refractivity contribution is 5.85. The summed E-state index contributed by atoms with van der Waals surface area (Å²) in [6.45, 7) is 0.498. The van der Waals surface area contributed by atoms with Crippen LogP contribution in [-0.2, 0) is 12.8 Å². The highest BCUT2D eigenvalue weighted by atomic mass is 16.5. The maximum Gasteiger partial charge on any atom is 0.339 e. The second-order valence-corrected chi connectivity index (χ2v) is 5.48. The van der Waals surface area contributed by atoms with Gasteiger partial charge in [0.15, 0.2) is 11.5 Å². The van der Waals surface area contributed by atoms with Crippen LogP contribution in [0.25, 0.3) is 11.0 Å². The molecule has 0 aliphatic heterocycles. The monoisotopic (exact) mass is 304 g/mol. The first-order chi connectivity index (χ1) is 10.7. The van der Waals surface area contributed by atoms with Crippen LogP contribution in [-0.4, -0.2) is 25.4 Å². The molecule has 5 nitrogen and oxygen atoms in total. The third-order valence-corrected chi connectivity index (χ3v) is 4.07. The molecule has 2 aromatic rings. The van der Waals surface area contributed by atoms with Gasteiger partial charge in [-0.3, -0.25) is 0 Å². The van der Waals surface area contributed by atoms with Gasteiger partial charge in [-0.2, -0.15) is 0 Å². The van der Waals surface area contributed by atoms with Gasteiger partial charge < -0.3 is 19.0 Å². The summed E-state index contributed by atoms with van der Waals surface area (Å²) in [5.41, 5.74) is 2.17. The number of methoxy groups -OCH3 is 1. The van der Waals surface area contributed by atoms with E-state index in [1.54, 1.807) is 13.2 Å². The number of aliphatic hydroxyl groups is 1. The van der Waals surface area contributed by atoms with E-state index in [1.165, 1.54) is 0 Å². The number of ether oxygens (including phenoxy) is 2. The normalized spacial score (nSPS) is 13.9. The molecule has 1 heterocycles. The molecule has 1 aliphatic carbocycles. The summed E-state index contributed by atoms with van der Waals surface area (Å²) in [4.78, 5) is 12.1. The maximum absolute atomic E-state index is 12.1. The molecule has 1 N–H and O–H groups in total. The average Bonchev–Trinajstić information content (AvgIpc) is 2.55. The van der Waals surface area contributed by atoms with Crippen molar-refractivity contribution in [2.45, 2.75) is 32.1 Å². The maximum atomic E-state index is 12.1. The molecule has 0 atom stereocenters. The van der Waals surface area contributed by atoms with Crippen molar-refractivity contribution in [3.05, 3.63) is 33.7 Å². The van der Waals surface area contributed by atoms with Gasteiger partial charge in [-0.25, -0.2) is 4.79 Å². The summed E-state index contributed by atoms with van der Waals surface area (Å²) in [5.74, 6) is 1.15. The molecule has 0 unspecified atom stereocenters. The number of benzene rings is 1. The lowest BCUT2D eigenvalue weighted by Crippen LogP contribution is -2.16. The number of rotatable bonds is 5. The second kappa shape index (κ2) is 6.40. The predicted octanol–water partition coefficient (Wildman–Crippen LogP) is 2.44. The third-order valence-electron chi connectivity index (χ3n) is 4.07. The fourth-order valence-electron chi connectivity index (χ4n) is 2.97. The van der Waals surface area contributed by atoms with Crippen LogP contribution in [0.5, 0.6) is 11.5 Å². The molecule has 118 valence electrons. The van der Waals surface area contributed by atoms with Gasteiger partial charge in [0.25, 0.3) is 0 Å². The number of aliphatic hydroxyl groups excluding tert-OH is 1. The van der Waals surface area contributed by atoms with E-state index in [-0.39, 0.29) is 12.2 Å². The Morgan fingerprint density at radius 2 is 1.95 bits per heavy atom. The summed E-state index contributed by atoms with van der Waals surface area (Å²) >= 11 is 0. The van der Waals surface area contributed by atoms with E-state index >= 15 is 0 Å². The minimum Gasteiger partial charge on any atom is -0.493 e. The molecule has 0 bridgehead atoms. The van der Waals surface area contributed by atoms with Crippen LogP contribution in [0.4, 0.5) is 0 Å². The Labute approximate surface area is 128 Å². The Morgan fingerprint density at radius 3 is 2.68 bits per heavy atom. The Morgan fingerprint density at radius 1 is 1.18 bits per heavy atom. The van der Waals surface area contributed by atoms with Crippen molar-refractivity contribution < 1.29 is 19.0 Å². The van der Waals surface area contributed by atoms with Gasteiger partial charge in [0.1, 0.15) is 5.58 Å². The van der Waals surface area contributed by atoms with Crippen LogP contribution < -0.4 is 15.1 Å². The summed E-state index contributed by atoms with van der Waals surface area (Å²) in [5, 5.41) is 9.80. The SMILES string of the molecule is COc1cc2oc(=O)c3c(c2cc1OCCCO)CCCC3. The van der Waals surface area contributed by atoms with Crippen molar-refractivity contribution >= 4 is 11.0 Å². The van der Waals surface area contributed by atoms with Crippen molar-refractivity contribution in [2.75, 3.05) is 20.3 Å². The average molecular weight is 304 g/mol. The lowest BCUT2D eigenvalue weighted by Gasteiger charge is -2.18. The van der Waals surface area contributed by atoms with Crippen molar-refractivity contribution in [3.63, 3.8) is 0 Å². The number of fused-ring (bicyclic) bond motifs is 3. The minimum absolute atomic E-state index is 0.0835. The molecule has 0 radical (unpaired) electrons. The van der Waals surface area contributed by atoms with E-state index in [0.29, 0.717) is 30.1 Å². The first-order valence-corrected chi connectivity index (χ1v) is 7.65. The molecule has 1 aromatic carbocycles. The van der Waals surface area contributed by atoms with Crippen LogP contribution in [0.15, 0.2) is 21.3 Å². The van der Waals surface area contributed by atoms with E-state index in [9.17, 15) is 4.79 Å². The molecule has 22 heavy (non-hydrogen) atoms. The van der Waals surface area contributed by atoms with Crippen molar-refractivity contribution in [2.24, 2.45) is 0 Å². The zero-order chi connectivity index (χ0) is 15.5. The third kappa shape index (κ3) is 2.68. The zero-order valence-electron chi connectivity index (χ0n) is 12.7. The van der Waals surface area contributed by atoms with Crippen LogP contribution in [0.2, 0.25) is 0 Å². The molecular formula is C17H20O5. The molecular weight excluding hydrogens is 284 g/mol. The zero-order valence-corrected chi connectivity index (χ0v) is 12.7. The largest absolute Gasteiger partial charge is 0.493 e. The summed E-state index contributed by atoms with van der Waals surface area (Å²) in [6.07, 6.45) is 4.33. The van der Waals surface area contributed by atoms with Gasteiger partial charge in [-0.1, -0.05) is 0 Å². The lowest BCUT2D eigenvalue weighted by atomic mass is 9.90. The Hall–Kier alpha value is -2.01. The topological polar surface area (TPSA) is 68.9 Å². The Bertz CT molecular complexity index is 732. The van der Waals surface area contributed by atoms with E-state index in [0.717, 1.165) is 42.2 Å². The van der Waals surface area contributed by atoms with Crippen LogP contribution >= 0.6 is 0 Å². The summed E-state index contributed by atoms with van der Waals surface area (Å²) < 4.78 is 16.5. The molecule has 1 aliphatic rings. The Balaban J connectivity index is 2.12. The number of hydrogen-bond donors (Lipinski definition) is 1. The first-order valence-electron chi connectivity index (χ1n) is 7.65. The fraction of sp³-hybridized carbons (Fsp3) is 0.471. The highest BCUT2D eigenvalue weighted by Crippen LogP contribution is 2.35. The van der Waals surface area contributed by atoms with Gasteiger partial charge in [0.05, 0.1) is 13.7 Å². The van der Waals surface area contributed by atoms with E-state index in [4.69, 9.17) is 19.0 Å². The minimum atomic E-state index is -0.238. The molecule has 0 fully saturated rings. The molecule has 0 saturated heterocycles. The molecule has 0 saturated carbocycles. The molecule has 0 spiro atoms. The van der Waals surface area contributed by atoms with Crippen molar-refractivity contribution in [3.8, 4) is 11.5 Å². The van der Waals surface area contributed by atoms with E-state index in [1.807, 2.05) is 6.07 Å². The van der Waals surface area contributed by atoms with Crippen LogP contribution in [0.1, 0.15) is 30.4 Å². The van der Waals surface area contributed by atoms with Crippen molar-refractivity contribution in [1.29, 1.82) is 0 Å². The molecule has 0 amide bonds. The van der Waals surface area contributed by atoms with E-state index < -0.39 is 0 Å². The van der Waals surface area contributed by atoms with Crippen molar-refractivity contribution in [1.82, 2.24) is 0 Å². The highest BCUT2D eigenvalue weighted by Gasteiger charge is 2.20. The molecule has 3 rings (SSSR count). The molecule has 5 heteroatoms. The van der Waals surface area contributed by atoms with Gasteiger partial charge in [-0.05, 0) is 37.3 Å². The Kier molecular flexibility index (Phi) is 4.34. The summed E-state index contributed by atoms with van der Waals surface area (Å²) in [6, 6.07) is 3.60. The fourth-order valence-corrected chi connectivity index (χ4v) is 2.97. The van der Waals surface area contributed by atoms with Gasteiger partial charge in [-0.15, -0.1) is 0 Å². The second-order valence-electron chi connectivity index (χ2n) is 5.48. The van der Waals surface area contributed by atoms with Gasteiger partial charge in [0, 0.05) is 30.0 Å². The van der Waals surface area contributed by atoms with Crippen LogP contribution in [0, 0.1) is 0 Å². The quantitative estimate of drug-likeness (QED) is 0.679. The van der Waals surface area contributed by atoms with Gasteiger partial charge in [0.2, 0.25) is 0 Å². The number of hydrogen-bond acceptors (Lipinski definition) is 5. The lowest BCUT2D eigenvalue weighted by molar-refractivity contribution is 0.228. The standard InChI is InChI=1S/C17H20O5/c1-20-15-10-14-13(9-16(15)21-8-4-7-18)11-5-2-3-6-12(11)17(19)22-14/h9-10,18H,2-8H2,1H3. The van der Waals surface area contributed by atoms with Crippen LogP contribution in [0.3, 0.4) is 0 Å². The smallest absolute Gasteiger partial charge is 0.339 e. The van der Waals surface area contributed by atoms with Gasteiger partial charge >= 0.3 is 5.63 Å². The first kappa shape index (κ1) is 14.9. The van der Waals surface area contributed by atoms with E-state index in [2.05, 4.69) is 0 Å².